The van der Waals surface area contributed by atoms with Crippen LogP contribution in [0.25, 0.3) is 11.4 Å². The average molecular weight is 403 g/mol. The molecule has 0 aliphatic carbocycles. The van der Waals surface area contributed by atoms with E-state index in [1.807, 2.05) is 50.2 Å². The van der Waals surface area contributed by atoms with Gasteiger partial charge in [-0.3, -0.25) is 9.97 Å². The van der Waals surface area contributed by atoms with E-state index < -0.39 is 0 Å². The van der Waals surface area contributed by atoms with E-state index in [1.54, 1.807) is 0 Å². The van der Waals surface area contributed by atoms with Crippen LogP contribution in [-0.4, -0.2) is 9.97 Å². The van der Waals surface area contributed by atoms with Gasteiger partial charge in [-0.05, 0) is 38.1 Å². The zero-order valence-corrected chi connectivity index (χ0v) is 13.6. The molecule has 0 N–H and O–H groups in total. The molecule has 2 heterocycles. The summed E-state index contributed by atoms with van der Waals surface area (Å²) in [5.41, 5.74) is 3.92. The summed E-state index contributed by atoms with van der Waals surface area (Å²) in [6.45, 7) is 3.97. The number of aromatic nitrogens is 2. The SMILES string of the molecule is Cc1cccc(-c2cccc(C)n2)n1.[Br][Ni][Br]. The van der Waals surface area contributed by atoms with Gasteiger partial charge in [0.15, 0.2) is 0 Å². The Bertz CT molecular complexity index is 434. The number of halogens is 2. The van der Waals surface area contributed by atoms with Crippen molar-refractivity contribution < 1.29 is 10.9 Å². The molecule has 0 amide bonds. The summed E-state index contributed by atoms with van der Waals surface area (Å²) in [7, 11) is 1.25. The molecule has 0 aliphatic heterocycles. The second-order valence-corrected chi connectivity index (χ2v) is 8.36. The molecule has 0 aliphatic rings. The number of rotatable bonds is 1. The van der Waals surface area contributed by atoms with E-state index in [1.165, 1.54) is 10.9 Å². The molecule has 2 nitrogen and oxygen atoms in total. The third-order valence-electron chi connectivity index (χ3n) is 2.04. The van der Waals surface area contributed by atoms with Crippen LogP contribution in [0, 0.1) is 13.8 Å². The summed E-state index contributed by atoms with van der Waals surface area (Å²) in [4.78, 5) is 8.84. The summed E-state index contributed by atoms with van der Waals surface area (Å²) in [5.74, 6) is 0. The van der Waals surface area contributed by atoms with Crippen molar-refractivity contribution in [3.8, 4) is 11.4 Å². The van der Waals surface area contributed by atoms with Crippen molar-refractivity contribution in [2.75, 3.05) is 0 Å². The summed E-state index contributed by atoms with van der Waals surface area (Å²) in [6, 6.07) is 11.9. The van der Waals surface area contributed by atoms with E-state index in [0.29, 0.717) is 0 Å². The second kappa shape index (κ2) is 7.96. The van der Waals surface area contributed by atoms with Crippen LogP contribution in [0.1, 0.15) is 11.4 Å². The molecular formula is C12H12Br2N2Ni. The molecule has 0 fully saturated rings. The van der Waals surface area contributed by atoms with Crippen molar-refractivity contribution in [2.24, 2.45) is 0 Å². The minimum absolute atomic E-state index is 0.939. The molecule has 0 radical (unpaired) electrons. The fourth-order valence-corrected chi connectivity index (χ4v) is 1.37. The van der Waals surface area contributed by atoms with Gasteiger partial charge < -0.3 is 0 Å². The molecule has 0 saturated heterocycles. The van der Waals surface area contributed by atoms with E-state index in [4.69, 9.17) is 0 Å². The number of hydrogen-bond acceptors (Lipinski definition) is 2. The summed E-state index contributed by atoms with van der Waals surface area (Å²) in [6.07, 6.45) is 0. The first-order valence-corrected chi connectivity index (χ1v) is 9.75. The molecule has 0 spiro atoms. The van der Waals surface area contributed by atoms with Gasteiger partial charge in [0, 0.05) is 11.4 Å². The van der Waals surface area contributed by atoms with E-state index >= 15 is 0 Å². The van der Waals surface area contributed by atoms with Gasteiger partial charge >= 0.3 is 39.3 Å². The monoisotopic (exact) mass is 400 g/mol. The fourth-order valence-electron chi connectivity index (χ4n) is 1.37. The molecule has 2 aromatic rings. The van der Waals surface area contributed by atoms with Crippen LogP contribution in [0.3, 0.4) is 0 Å². The van der Waals surface area contributed by atoms with E-state index in [2.05, 4.69) is 38.4 Å². The topological polar surface area (TPSA) is 25.8 Å². The first kappa shape index (κ1) is 14.8. The van der Waals surface area contributed by atoms with Crippen LogP contribution < -0.4 is 0 Å². The number of hydrogen-bond donors (Lipinski definition) is 0. The molecule has 0 aromatic carbocycles. The van der Waals surface area contributed by atoms with Crippen LogP contribution in [0.5, 0.6) is 0 Å². The number of aryl methyl sites for hydroxylation is 2. The standard InChI is InChI=1S/C12H12N2.2BrH.Ni/c1-9-5-3-7-11(13-9)12-8-4-6-10(2)14-12;;;/h3-8H,1-2H3;2*1H;/q;;;+2/p-2. The molecule has 94 valence electrons. The Labute approximate surface area is 122 Å². The van der Waals surface area contributed by atoms with Gasteiger partial charge in [-0.1, -0.05) is 12.1 Å². The predicted octanol–water partition coefficient (Wildman–Crippen LogP) is 4.45. The Morgan fingerprint density at radius 1 is 0.824 bits per heavy atom. The predicted molar refractivity (Wildman–Crippen MR) is 74.8 cm³/mol. The minimum atomic E-state index is 0.939. The van der Waals surface area contributed by atoms with Crippen LogP contribution in [0.15, 0.2) is 36.4 Å². The van der Waals surface area contributed by atoms with Crippen molar-refractivity contribution in [2.45, 2.75) is 13.8 Å². The van der Waals surface area contributed by atoms with Crippen LogP contribution in [0.2, 0.25) is 0 Å². The van der Waals surface area contributed by atoms with E-state index in [0.717, 1.165) is 22.8 Å². The molecule has 0 atom stereocenters. The summed E-state index contributed by atoms with van der Waals surface area (Å²) >= 11 is 6.00. The maximum absolute atomic E-state index is 4.42. The molecule has 0 unspecified atom stereocenters. The van der Waals surface area contributed by atoms with Crippen molar-refractivity contribution in [1.82, 2.24) is 9.97 Å². The van der Waals surface area contributed by atoms with Gasteiger partial charge in [-0.15, -0.1) is 0 Å². The third kappa shape index (κ3) is 5.28. The second-order valence-electron chi connectivity index (χ2n) is 3.37. The van der Waals surface area contributed by atoms with Gasteiger partial charge in [0.2, 0.25) is 0 Å². The molecule has 0 saturated carbocycles. The van der Waals surface area contributed by atoms with Gasteiger partial charge in [0.25, 0.3) is 0 Å². The van der Waals surface area contributed by atoms with Crippen LogP contribution in [-0.2, 0) is 10.9 Å². The van der Waals surface area contributed by atoms with Crippen molar-refractivity contribution in [1.29, 1.82) is 0 Å². The third-order valence-corrected chi connectivity index (χ3v) is 2.04. The molecule has 5 heteroatoms. The molecule has 2 rings (SSSR count). The van der Waals surface area contributed by atoms with Crippen molar-refractivity contribution in [3.63, 3.8) is 0 Å². The number of nitrogens with zero attached hydrogens (tertiary/aromatic N) is 2. The Hall–Kier alpha value is -0.246. The first-order chi connectivity index (χ1) is 8.17. The first-order valence-electron chi connectivity index (χ1n) is 4.87. The zero-order valence-electron chi connectivity index (χ0n) is 9.43. The average Bonchev–Trinajstić information content (AvgIpc) is 2.30. The van der Waals surface area contributed by atoms with Crippen molar-refractivity contribution >= 4 is 28.5 Å². The van der Waals surface area contributed by atoms with E-state index in [-0.39, 0.29) is 0 Å². The Morgan fingerprint density at radius 3 is 1.47 bits per heavy atom. The number of pyridine rings is 2. The Morgan fingerprint density at radius 2 is 1.18 bits per heavy atom. The zero-order chi connectivity index (χ0) is 12.7. The quantitative estimate of drug-likeness (QED) is 0.659. The molecule has 2 aromatic heterocycles. The normalized spacial score (nSPS) is 9.65. The van der Waals surface area contributed by atoms with Gasteiger partial charge in [-0.25, -0.2) is 0 Å². The maximum atomic E-state index is 4.42. The van der Waals surface area contributed by atoms with E-state index in [9.17, 15) is 0 Å². The van der Waals surface area contributed by atoms with Crippen LogP contribution >= 0.6 is 28.5 Å². The molecule has 17 heavy (non-hydrogen) atoms. The van der Waals surface area contributed by atoms with Gasteiger partial charge in [0.05, 0.1) is 11.4 Å². The Kier molecular flexibility index (Phi) is 6.94. The molecular weight excluding hydrogens is 391 g/mol. The summed E-state index contributed by atoms with van der Waals surface area (Å²) < 4.78 is 0. The fraction of sp³-hybridized carbons (Fsp3) is 0.167. The van der Waals surface area contributed by atoms with Crippen molar-refractivity contribution in [3.05, 3.63) is 47.8 Å². The summed E-state index contributed by atoms with van der Waals surface area (Å²) in [5, 5.41) is 0. The Balaban J connectivity index is 0.000000437. The van der Waals surface area contributed by atoms with Gasteiger partial charge in [-0.2, -0.15) is 0 Å². The molecule has 0 bridgehead atoms. The van der Waals surface area contributed by atoms with Gasteiger partial charge in [0.1, 0.15) is 0 Å². The van der Waals surface area contributed by atoms with Crippen LogP contribution in [0.4, 0.5) is 0 Å².